The molecule has 0 spiro atoms. The predicted octanol–water partition coefficient (Wildman–Crippen LogP) is 3.33. The average Bonchev–Trinajstić information content (AvgIpc) is 2.23. The fourth-order valence-electron chi connectivity index (χ4n) is 2.48. The predicted molar refractivity (Wildman–Crippen MR) is 52.8 cm³/mol. The van der Waals surface area contributed by atoms with Crippen LogP contribution in [0, 0.1) is 17.8 Å². The summed E-state index contributed by atoms with van der Waals surface area (Å²) in [5.74, 6) is 2.32. The quantitative estimate of drug-likeness (QED) is 0.516. The van der Waals surface area contributed by atoms with Crippen molar-refractivity contribution >= 4 is 0 Å². The monoisotopic (exact) mass is 160 g/mol. The molecule has 2 aliphatic rings. The summed E-state index contributed by atoms with van der Waals surface area (Å²) in [7, 11) is 0. The van der Waals surface area contributed by atoms with Crippen molar-refractivity contribution in [1.82, 2.24) is 0 Å². The van der Waals surface area contributed by atoms with E-state index >= 15 is 0 Å². The summed E-state index contributed by atoms with van der Waals surface area (Å²) in [6.45, 7) is 6.24. The maximum Gasteiger partial charge on any atom is -0.0140 e. The Kier molecular flexibility index (Phi) is 1.92. The molecule has 0 radical (unpaired) electrons. The van der Waals surface area contributed by atoms with E-state index in [9.17, 15) is 0 Å². The molecule has 0 saturated heterocycles. The standard InChI is InChI=1S/C12H16/c1-9(2)12-8-10-5-3-4-6-11(12)7-10/h3-6,10-12H,1,7-8H2,2H3/t10-,11-,12-/m1/s1. The molecule has 1 fully saturated rings. The van der Waals surface area contributed by atoms with Crippen molar-refractivity contribution in [1.29, 1.82) is 0 Å². The van der Waals surface area contributed by atoms with E-state index in [-0.39, 0.29) is 0 Å². The topological polar surface area (TPSA) is 0 Å². The zero-order valence-electron chi connectivity index (χ0n) is 7.66. The maximum atomic E-state index is 4.07. The second-order valence-electron chi connectivity index (χ2n) is 4.12. The number of hydrogen-bond acceptors (Lipinski definition) is 0. The van der Waals surface area contributed by atoms with Crippen LogP contribution in [-0.2, 0) is 0 Å². The first kappa shape index (κ1) is 7.85. The Balaban J connectivity index is 2.19. The average molecular weight is 160 g/mol. The van der Waals surface area contributed by atoms with Crippen LogP contribution in [0.15, 0.2) is 36.5 Å². The van der Waals surface area contributed by atoms with Gasteiger partial charge in [0.05, 0.1) is 0 Å². The van der Waals surface area contributed by atoms with E-state index < -0.39 is 0 Å². The SMILES string of the molecule is C=C(C)[C@H]1C[C@@H]2C=CC=C[C@@H]1C2. The second kappa shape index (κ2) is 2.93. The molecular weight excluding hydrogens is 144 g/mol. The van der Waals surface area contributed by atoms with Gasteiger partial charge < -0.3 is 0 Å². The molecule has 0 N–H and O–H groups in total. The summed E-state index contributed by atoms with van der Waals surface area (Å²) >= 11 is 0. The third kappa shape index (κ3) is 1.26. The zero-order chi connectivity index (χ0) is 8.55. The van der Waals surface area contributed by atoms with Gasteiger partial charge in [0.25, 0.3) is 0 Å². The fraction of sp³-hybridized carbons (Fsp3) is 0.500. The summed E-state index contributed by atoms with van der Waals surface area (Å²) in [5.41, 5.74) is 1.36. The van der Waals surface area contributed by atoms with E-state index in [1.165, 1.54) is 18.4 Å². The first-order chi connectivity index (χ1) is 5.77. The van der Waals surface area contributed by atoms with Crippen LogP contribution in [0.1, 0.15) is 19.8 Å². The Hall–Kier alpha value is -0.780. The first-order valence-corrected chi connectivity index (χ1v) is 4.78. The molecule has 1 saturated carbocycles. The van der Waals surface area contributed by atoms with Gasteiger partial charge in [-0.3, -0.25) is 0 Å². The summed E-state index contributed by atoms with van der Waals surface area (Å²) in [4.78, 5) is 0. The lowest BCUT2D eigenvalue weighted by Crippen LogP contribution is -2.05. The maximum absolute atomic E-state index is 4.07. The van der Waals surface area contributed by atoms with Crippen LogP contribution in [0.5, 0.6) is 0 Å². The van der Waals surface area contributed by atoms with Gasteiger partial charge >= 0.3 is 0 Å². The van der Waals surface area contributed by atoms with Crippen LogP contribution in [0.2, 0.25) is 0 Å². The Bertz CT molecular complexity index is 245. The van der Waals surface area contributed by atoms with Gasteiger partial charge in [-0.1, -0.05) is 36.5 Å². The normalized spacial score (nSPS) is 38.2. The van der Waals surface area contributed by atoms with E-state index in [4.69, 9.17) is 0 Å². The molecule has 64 valence electrons. The highest BCUT2D eigenvalue weighted by Gasteiger charge is 2.32. The van der Waals surface area contributed by atoms with Gasteiger partial charge in [0.15, 0.2) is 0 Å². The minimum absolute atomic E-state index is 0.746. The second-order valence-corrected chi connectivity index (χ2v) is 4.12. The van der Waals surface area contributed by atoms with Crippen molar-refractivity contribution in [2.45, 2.75) is 19.8 Å². The number of fused-ring (bicyclic) bond motifs is 2. The van der Waals surface area contributed by atoms with Crippen molar-refractivity contribution in [2.75, 3.05) is 0 Å². The minimum atomic E-state index is 0.746. The van der Waals surface area contributed by atoms with Gasteiger partial charge in [-0.15, -0.1) is 0 Å². The molecule has 2 bridgehead atoms. The largest absolute Gasteiger partial charge is 0.0998 e. The van der Waals surface area contributed by atoms with E-state index in [1.54, 1.807) is 0 Å². The van der Waals surface area contributed by atoms with Crippen molar-refractivity contribution in [2.24, 2.45) is 17.8 Å². The molecule has 0 heteroatoms. The van der Waals surface area contributed by atoms with Crippen LogP contribution < -0.4 is 0 Å². The van der Waals surface area contributed by atoms with E-state index in [2.05, 4.69) is 37.8 Å². The van der Waals surface area contributed by atoms with Crippen LogP contribution in [0.4, 0.5) is 0 Å². The van der Waals surface area contributed by atoms with Gasteiger partial charge in [-0.25, -0.2) is 0 Å². The molecule has 3 atom stereocenters. The lowest BCUT2D eigenvalue weighted by molar-refractivity contribution is 0.530. The summed E-state index contributed by atoms with van der Waals surface area (Å²) in [6, 6.07) is 0. The Labute approximate surface area is 74.7 Å². The highest BCUT2D eigenvalue weighted by atomic mass is 14.4. The molecule has 2 rings (SSSR count). The highest BCUT2D eigenvalue weighted by Crippen LogP contribution is 2.42. The summed E-state index contributed by atoms with van der Waals surface area (Å²) < 4.78 is 0. The summed E-state index contributed by atoms with van der Waals surface area (Å²) in [6.07, 6.45) is 11.7. The van der Waals surface area contributed by atoms with Crippen molar-refractivity contribution in [3.8, 4) is 0 Å². The number of hydrogen-bond donors (Lipinski definition) is 0. The van der Waals surface area contributed by atoms with Gasteiger partial charge in [-0.2, -0.15) is 0 Å². The van der Waals surface area contributed by atoms with Crippen molar-refractivity contribution in [3.05, 3.63) is 36.5 Å². The van der Waals surface area contributed by atoms with Crippen LogP contribution in [0.25, 0.3) is 0 Å². The molecule has 0 amide bonds. The van der Waals surface area contributed by atoms with E-state index in [0.29, 0.717) is 0 Å². The first-order valence-electron chi connectivity index (χ1n) is 4.78. The molecule has 0 aromatic carbocycles. The lowest BCUT2D eigenvalue weighted by Gasteiger charge is -2.15. The zero-order valence-corrected chi connectivity index (χ0v) is 7.66. The highest BCUT2D eigenvalue weighted by molar-refractivity contribution is 5.18. The molecule has 0 aromatic heterocycles. The molecule has 0 heterocycles. The fourth-order valence-corrected chi connectivity index (χ4v) is 2.48. The van der Waals surface area contributed by atoms with Crippen LogP contribution >= 0.6 is 0 Å². The molecular formula is C12H16. The van der Waals surface area contributed by atoms with Gasteiger partial charge in [0, 0.05) is 0 Å². The Morgan fingerprint density at radius 2 is 2.00 bits per heavy atom. The molecule has 12 heavy (non-hydrogen) atoms. The third-order valence-electron chi connectivity index (χ3n) is 3.13. The lowest BCUT2D eigenvalue weighted by atomic mass is 9.90. The van der Waals surface area contributed by atoms with Crippen LogP contribution in [-0.4, -0.2) is 0 Å². The molecule has 0 aromatic rings. The Morgan fingerprint density at radius 1 is 1.25 bits per heavy atom. The van der Waals surface area contributed by atoms with Gasteiger partial charge in [-0.05, 0) is 37.5 Å². The molecule has 2 aliphatic carbocycles. The van der Waals surface area contributed by atoms with E-state index in [1.807, 2.05) is 0 Å². The van der Waals surface area contributed by atoms with Crippen LogP contribution in [0.3, 0.4) is 0 Å². The Morgan fingerprint density at radius 3 is 2.75 bits per heavy atom. The number of allylic oxidation sites excluding steroid dienone is 5. The summed E-state index contributed by atoms with van der Waals surface area (Å²) in [5, 5.41) is 0. The van der Waals surface area contributed by atoms with E-state index in [0.717, 1.165) is 17.8 Å². The molecule has 0 nitrogen and oxygen atoms in total. The third-order valence-corrected chi connectivity index (χ3v) is 3.13. The smallest absolute Gasteiger partial charge is 0.0140 e. The number of rotatable bonds is 1. The molecule has 0 aliphatic heterocycles. The van der Waals surface area contributed by atoms with Crippen molar-refractivity contribution in [3.63, 3.8) is 0 Å². The minimum Gasteiger partial charge on any atom is -0.0998 e. The van der Waals surface area contributed by atoms with Gasteiger partial charge in [0.1, 0.15) is 0 Å². The molecule has 0 unspecified atom stereocenters. The van der Waals surface area contributed by atoms with Gasteiger partial charge in [0.2, 0.25) is 0 Å². The van der Waals surface area contributed by atoms with Crippen molar-refractivity contribution < 1.29 is 0 Å².